The number of nitrogens with one attached hydrogen (secondary N) is 1. The molecular weight excluding hydrogens is 333 g/mol. The highest BCUT2D eigenvalue weighted by molar-refractivity contribution is 6.32. The van der Waals surface area contributed by atoms with Crippen molar-refractivity contribution in [3.8, 4) is 5.75 Å². The maximum absolute atomic E-state index is 6.14. The van der Waals surface area contributed by atoms with Crippen molar-refractivity contribution in [2.45, 2.75) is 25.9 Å². The summed E-state index contributed by atoms with van der Waals surface area (Å²) in [5, 5.41) is 4.33. The molecule has 0 atom stereocenters. The second-order valence-electron chi connectivity index (χ2n) is 5.35. The number of rotatable bonds is 6. The second kappa shape index (κ2) is 7.66. The van der Waals surface area contributed by atoms with Gasteiger partial charge in [-0.25, -0.2) is 4.98 Å². The van der Waals surface area contributed by atoms with Crippen LogP contribution in [-0.4, -0.2) is 16.5 Å². The highest BCUT2D eigenvalue weighted by atomic mass is 35.5. The van der Waals surface area contributed by atoms with Gasteiger partial charge in [0.05, 0.1) is 16.9 Å². The fraction of sp³-hybridized carbons (Fsp3) is 0.294. The van der Waals surface area contributed by atoms with E-state index in [1.165, 1.54) is 24.8 Å². The molecule has 1 saturated carbocycles. The van der Waals surface area contributed by atoms with E-state index in [-0.39, 0.29) is 0 Å². The Labute approximate surface area is 145 Å². The molecule has 2 heterocycles. The summed E-state index contributed by atoms with van der Waals surface area (Å²) < 4.78 is 5.73. The molecule has 2 aromatic rings. The summed E-state index contributed by atoms with van der Waals surface area (Å²) in [6.45, 7) is 1.09. The number of aromatic nitrogens is 2. The predicted molar refractivity (Wildman–Crippen MR) is 93.2 cm³/mol. The summed E-state index contributed by atoms with van der Waals surface area (Å²) in [5.74, 6) is 1.32. The lowest BCUT2D eigenvalue weighted by molar-refractivity contribution is 0.301. The smallest absolute Gasteiger partial charge is 0.143 e. The van der Waals surface area contributed by atoms with Crippen LogP contribution in [-0.2, 0) is 6.61 Å². The van der Waals surface area contributed by atoms with E-state index in [1.807, 2.05) is 6.07 Å². The Balaban J connectivity index is 1.59. The van der Waals surface area contributed by atoms with Crippen molar-refractivity contribution in [2.24, 2.45) is 0 Å². The van der Waals surface area contributed by atoms with Gasteiger partial charge in [-0.1, -0.05) is 34.9 Å². The normalized spacial score (nSPS) is 13.4. The Morgan fingerprint density at radius 3 is 2.74 bits per heavy atom. The van der Waals surface area contributed by atoms with E-state index in [2.05, 4.69) is 21.4 Å². The first-order valence-electron chi connectivity index (χ1n) is 7.51. The van der Waals surface area contributed by atoms with Gasteiger partial charge in [0, 0.05) is 18.8 Å². The quantitative estimate of drug-likeness (QED) is 0.754. The Morgan fingerprint density at radius 2 is 2.04 bits per heavy atom. The molecule has 0 unspecified atom stereocenters. The van der Waals surface area contributed by atoms with Crippen LogP contribution in [0, 0.1) is 0 Å². The minimum atomic E-state index is 0.324. The zero-order valence-electron chi connectivity index (χ0n) is 12.6. The molecule has 120 valence electrons. The lowest BCUT2D eigenvalue weighted by Crippen LogP contribution is -2.05. The van der Waals surface area contributed by atoms with Crippen LogP contribution in [0.5, 0.6) is 5.75 Å². The van der Waals surface area contributed by atoms with Crippen LogP contribution >= 0.6 is 23.2 Å². The minimum absolute atomic E-state index is 0.324. The molecule has 1 aliphatic carbocycles. The summed E-state index contributed by atoms with van der Waals surface area (Å²) in [6, 6.07) is 5.40. The van der Waals surface area contributed by atoms with E-state index in [0.29, 0.717) is 22.4 Å². The highest BCUT2D eigenvalue weighted by Gasteiger charge is 2.08. The first-order chi connectivity index (χ1) is 11.2. The molecule has 0 aromatic carbocycles. The standard InChI is InChI=1S/C17H17Cl2N3O/c18-13-4-5-14(21-9-13)11-23-16-8-17(22-10-15(16)19)20-7-6-12-2-1-3-12/h4-6,8-10H,1-3,7,11H2,(H,20,22). The molecule has 23 heavy (non-hydrogen) atoms. The number of hydrogen-bond acceptors (Lipinski definition) is 4. The molecule has 0 saturated heterocycles. The summed E-state index contributed by atoms with van der Waals surface area (Å²) in [6.07, 6.45) is 9.15. The molecule has 0 bridgehead atoms. The van der Waals surface area contributed by atoms with Gasteiger partial charge in [0.15, 0.2) is 0 Å². The van der Waals surface area contributed by atoms with E-state index in [1.54, 1.807) is 24.5 Å². The van der Waals surface area contributed by atoms with E-state index < -0.39 is 0 Å². The first-order valence-corrected chi connectivity index (χ1v) is 8.27. The first kappa shape index (κ1) is 16.1. The van der Waals surface area contributed by atoms with Gasteiger partial charge in [-0.15, -0.1) is 0 Å². The fourth-order valence-electron chi connectivity index (χ4n) is 2.16. The largest absolute Gasteiger partial charge is 0.486 e. The minimum Gasteiger partial charge on any atom is -0.486 e. The second-order valence-corrected chi connectivity index (χ2v) is 6.20. The molecule has 0 aliphatic heterocycles. The Bertz CT molecular complexity index is 695. The van der Waals surface area contributed by atoms with Crippen molar-refractivity contribution in [1.29, 1.82) is 0 Å². The predicted octanol–water partition coefficient (Wildman–Crippen LogP) is 4.88. The number of anilines is 1. The summed E-state index contributed by atoms with van der Waals surface area (Å²) in [4.78, 5) is 8.45. The van der Waals surface area contributed by atoms with Crippen LogP contribution in [0.1, 0.15) is 25.0 Å². The number of pyridine rings is 2. The molecule has 6 heteroatoms. The van der Waals surface area contributed by atoms with Gasteiger partial charge in [0.1, 0.15) is 23.2 Å². The van der Waals surface area contributed by atoms with Gasteiger partial charge in [-0.3, -0.25) is 4.98 Å². The Kier molecular flexibility index (Phi) is 5.36. The molecule has 1 aliphatic rings. The van der Waals surface area contributed by atoms with Crippen molar-refractivity contribution < 1.29 is 4.74 Å². The Hall–Kier alpha value is -1.78. The van der Waals surface area contributed by atoms with E-state index >= 15 is 0 Å². The number of nitrogens with zero attached hydrogens (tertiary/aromatic N) is 2. The average molecular weight is 350 g/mol. The van der Waals surface area contributed by atoms with Gasteiger partial charge in [0.2, 0.25) is 0 Å². The molecule has 0 spiro atoms. The van der Waals surface area contributed by atoms with Gasteiger partial charge >= 0.3 is 0 Å². The topological polar surface area (TPSA) is 47.0 Å². The molecule has 4 nitrogen and oxygen atoms in total. The summed E-state index contributed by atoms with van der Waals surface area (Å²) in [5.41, 5.74) is 2.29. The lowest BCUT2D eigenvalue weighted by Gasteiger charge is -2.16. The molecule has 0 radical (unpaired) electrons. The van der Waals surface area contributed by atoms with Crippen LogP contribution in [0.25, 0.3) is 0 Å². The van der Waals surface area contributed by atoms with E-state index in [0.717, 1.165) is 18.1 Å². The summed E-state index contributed by atoms with van der Waals surface area (Å²) in [7, 11) is 0. The van der Waals surface area contributed by atoms with Crippen LogP contribution in [0.3, 0.4) is 0 Å². The zero-order valence-corrected chi connectivity index (χ0v) is 14.1. The van der Waals surface area contributed by atoms with Crippen LogP contribution < -0.4 is 10.1 Å². The molecule has 2 aromatic heterocycles. The summed E-state index contributed by atoms with van der Waals surface area (Å²) >= 11 is 11.9. The van der Waals surface area contributed by atoms with Gasteiger partial charge in [0.25, 0.3) is 0 Å². The Morgan fingerprint density at radius 1 is 1.17 bits per heavy atom. The van der Waals surface area contributed by atoms with Crippen molar-refractivity contribution in [1.82, 2.24) is 9.97 Å². The lowest BCUT2D eigenvalue weighted by atomic mass is 9.92. The molecular formula is C17H17Cl2N3O. The average Bonchev–Trinajstić information content (AvgIpc) is 2.51. The third kappa shape index (κ3) is 4.60. The number of hydrogen-bond donors (Lipinski definition) is 1. The van der Waals surface area contributed by atoms with Crippen molar-refractivity contribution in [3.05, 3.63) is 58.0 Å². The van der Waals surface area contributed by atoms with Crippen LogP contribution in [0.4, 0.5) is 5.82 Å². The number of ether oxygens (including phenoxy) is 1. The number of halogens is 2. The van der Waals surface area contributed by atoms with E-state index in [4.69, 9.17) is 27.9 Å². The zero-order chi connectivity index (χ0) is 16.1. The van der Waals surface area contributed by atoms with Gasteiger partial charge in [-0.2, -0.15) is 0 Å². The van der Waals surface area contributed by atoms with Crippen molar-refractivity contribution >= 4 is 29.0 Å². The van der Waals surface area contributed by atoms with Gasteiger partial charge < -0.3 is 10.1 Å². The van der Waals surface area contributed by atoms with Crippen LogP contribution in [0.2, 0.25) is 10.0 Å². The monoisotopic (exact) mass is 349 g/mol. The van der Waals surface area contributed by atoms with Crippen molar-refractivity contribution in [2.75, 3.05) is 11.9 Å². The van der Waals surface area contributed by atoms with Gasteiger partial charge in [-0.05, 0) is 31.4 Å². The maximum Gasteiger partial charge on any atom is 0.143 e. The fourth-order valence-corrected chi connectivity index (χ4v) is 2.43. The molecule has 3 rings (SSSR count). The van der Waals surface area contributed by atoms with Crippen LogP contribution in [0.15, 0.2) is 42.2 Å². The highest BCUT2D eigenvalue weighted by Crippen LogP contribution is 2.27. The molecule has 0 amide bonds. The number of allylic oxidation sites excluding steroid dienone is 1. The maximum atomic E-state index is 6.14. The molecule has 1 N–H and O–H groups in total. The van der Waals surface area contributed by atoms with E-state index in [9.17, 15) is 0 Å². The third-order valence-electron chi connectivity index (χ3n) is 3.65. The molecule has 1 fully saturated rings. The van der Waals surface area contributed by atoms with Crippen molar-refractivity contribution in [3.63, 3.8) is 0 Å². The third-order valence-corrected chi connectivity index (χ3v) is 4.16. The SMILES string of the molecule is Clc1ccc(COc2cc(NCC=C3CCC3)ncc2Cl)nc1.